The van der Waals surface area contributed by atoms with Crippen molar-refractivity contribution in [2.75, 3.05) is 6.61 Å². The zero-order valence-electron chi connectivity index (χ0n) is 15.9. The molecule has 10 nitrogen and oxygen atoms in total. The minimum absolute atomic E-state index is 0.0221. The number of hydrogen-bond donors (Lipinski definition) is 2. The maximum absolute atomic E-state index is 11.6. The molecule has 0 aromatic heterocycles. The van der Waals surface area contributed by atoms with Crippen LogP contribution in [0.5, 0.6) is 0 Å². The third kappa shape index (κ3) is 4.65. The Balaban J connectivity index is 1.71. The summed E-state index contributed by atoms with van der Waals surface area (Å²) in [5.41, 5.74) is 0.663. The smallest absolute Gasteiger partial charge is 0.269 e. The minimum atomic E-state index is -1.06. The molecule has 1 amide bonds. The molecule has 1 aromatic carbocycles. The Bertz CT molecular complexity index is 723. The van der Waals surface area contributed by atoms with Crippen molar-refractivity contribution in [2.24, 2.45) is 0 Å². The molecule has 0 bridgehead atoms. The molecule has 0 aliphatic carbocycles. The van der Waals surface area contributed by atoms with Gasteiger partial charge in [0.05, 0.1) is 18.1 Å². The number of nitrogens with zero attached hydrogens (tertiary/aromatic N) is 1. The molecule has 2 aliphatic heterocycles. The monoisotopic (exact) mass is 396 g/mol. The van der Waals surface area contributed by atoms with E-state index in [4.69, 9.17) is 18.9 Å². The second-order valence-electron chi connectivity index (χ2n) is 7.29. The van der Waals surface area contributed by atoms with Gasteiger partial charge in [0.1, 0.15) is 24.4 Å². The van der Waals surface area contributed by atoms with E-state index >= 15 is 0 Å². The molecule has 2 aliphatic rings. The molecule has 154 valence electrons. The zero-order valence-corrected chi connectivity index (χ0v) is 15.9. The molecule has 2 fully saturated rings. The number of carbonyl (C=O) groups excluding carboxylic acids is 1. The third-order valence-electron chi connectivity index (χ3n) is 4.62. The van der Waals surface area contributed by atoms with Gasteiger partial charge in [-0.05, 0) is 31.5 Å². The highest BCUT2D eigenvalue weighted by molar-refractivity contribution is 5.73. The second-order valence-corrected chi connectivity index (χ2v) is 7.29. The normalized spacial score (nSPS) is 31.6. The lowest BCUT2D eigenvalue weighted by molar-refractivity contribution is -0.384. The summed E-state index contributed by atoms with van der Waals surface area (Å²) in [6.45, 7) is 5.09. The van der Waals surface area contributed by atoms with E-state index in [0.717, 1.165) is 0 Å². The van der Waals surface area contributed by atoms with Gasteiger partial charge < -0.3 is 29.4 Å². The summed E-state index contributed by atoms with van der Waals surface area (Å²) in [6, 6.07) is 5.06. The molecule has 10 heteroatoms. The summed E-state index contributed by atoms with van der Waals surface area (Å²) >= 11 is 0. The highest BCUT2D eigenvalue weighted by Crippen LogP contribution is 2.33. The SMILES string of the molecule is CC(=O)N[C@H]1[C@H](OCc2ccc([N+](=O)[O-])cc2)O[C@H]2COC(C)(C)O[C@@H]2[C@H]1O. The summed E-state index contributed by atoms with van der Waals surface area (Å²) in [5, 5.41) is 24.2. The number of fused-ring (bicyclic) bond motifs is 1. The lowest BCUT2D eigenvalue weighted by Gasteiger charge is -2.49. The number of nitrogens with one attached hydrogen (secondary N) is 1. The molecule has 28 heavy (non-hydrogen) atoms. The number of benzene rings is 1. The molecule has 0 saturated carbocycles. The van der Waals surface area contributed by atoms with Gasteiger partial charge in [-0.1, -0.05) is 0 Å². The first-order valence-corrected chi connectivity index (χ1v) is 8.93. The maximum atomic E-state index is 11.6. The van der Waals surface area contributed by atoms with Gasteiger partial charge in [-0.15, -0.1) is 0 Å². The number of non-ortho nitro benzene ring substituents is 1. The lowest BCUT2D eigenvalue weighted by atomic mass is 9.95. The standard InChI is InChI=1S/C18H24N2O8/c1-10(21)19-14-15(22)16-13(9-26-18(2,3)28-16)27-17(14)25-8-11-4-6-12(7-5-11)20(23)24/h4-7,13-17,22H,8-9H2,1-3H3,(H,19,21)/t13-,14+,15-,16-,17+/m0/s1. The molecule has 0 spiro atoms. The van der Waals surface area contributed by atoms with Crippen LogP contribution in [0.1, 0.15) is 26.3 Å². The summed E-state index contributed by atoms with van der Waals surface area (Å²) in [6.07, 6.45) is -3.24. The first-order valence-electron chi connectivity index (χ1n) is 8.93. The Morgan fingerprint density at radius 2 is 2.07 bits per heavy atom. The van der Waals surface area contributed by atoms with Crippen molar-refractivity contribution in [1.29, 1.82) is 0 Å². The highest BCUT2D eigenvalue weighted by Gasteiger charge is 2.51. The van der Waals surface area contributed by atoms with Crippen molar-refractivity contribution in [2.45, 2.75) is 63.8 Å². The Kier molecular flexibility index (Phi) is 5.96. The number of nitro benzene ring substituents is 1. The molecule has 2 heterocycles. The average molecular weight is 396 g/mol. The molecular formula is C18H24N2O8. The van der Waals surface area contributed by atoms with Crippen LogP contribution in [-0.2, 0) is 30.3 Å². The minimum Gasteiger partial charge on any atom is -0.388 e. The zero-order chi connectivity index (χ0) is 20.5. The van der Waals surface area contributed by atoms with Crippen molar-refractivity contribution < 1.29 is 33.8 Å². The third-order valence-corrected chi connectivity index (χ3v) is 4.62. The second kappa shape index (κ2) is 8.10. The number of amides is 1. The average Bonchev–Trinajstić information content (AvgIpc) is 2.63. The number of ether oxygens (including phenoxy) is 4. The van der Waals surface area contributed by atoms with Gasteiger partial charge in [0.15, 0.2) is 12.1 Å². The van der Waals surface area contributed by atoms with E-state index in [1.807, 2.05) is 0 Å². The van der Waals surface area contributed by atoms with Crippen molar-refractivity contribution in [3.63, 3.8) is 0 Å². The summed E-state index contributed by atoms with van der Waals surface area (Å²) < 4.78 is 23.0. The molecule has 0 radical (unpaired) electrons. The van der Waals surface area contributed by atoms with Crippen molar-refractivity contribution in [3.8, 4) is 0 Å². The maximum Gasteiger partial charge on any atom is 0.269 e. The van der Waals surface area contributed by atoms with Gasteiger partial charge in [-0.25, -0.2) is 0 Å². The lowest BCUT2D eigenvalue weighted by Crippen LogP contribution is -2.68. The van der Waals surface area contributed by atoms with Gasteiger partial charge in [-0.3, -0.25) is 14.9 Å². The fourth-order valence-corrected chi connectivity index (χ4v) is 3.27. The fraction of sp³-hybridized carbons (Fsp3) is 0.611. The van der Waals surface area contributed by atoms with E-state index in [-0.39, 0.29) is 24.8 Å². The molecule has 5 atom stereocenters. The van der Waals surface area contributed by atoms with Crippen molar-refractivity contribution in [3.05, 3.63) is 39.9 Å². The van der Waals surface area contributed by atoms with Gasteiger partial charge >= 0.3 is 0 Å². The van der Waals surface area contributed by atoms with E-state index in [2.05, 4.69) is 5.32 Å². The van der Waals surface area contributed by atoms with Crippen LogP contribution in [0.4, 0.5) is 5.69 Å². The van der Waals surface area contributed by atoms with Crippen LogP contribution in [0.2, 0.25) is 0 Å². The van der Waals surface area contributed by atoms with Gasteiger partial charge in [0.2, 0.25) is 5.91 Å². The Morgan fingerprint density at radius 1 is 1.39 bits per heavy atom. The predicted octanol–water partition coefficient (Wildman–Crippen LogP) is 0.853. The van der Waals surface area contributed by atoms with E-state index in [1.54, 1.807) is 26.0 Å². The van der Waals surface area contributed by atoms with E-state index in [9.17, 15) is 20.0 Å². The number of nitro groups is 1. The van der Waals surface area contributed by atoms with Crippen molar-refractivity contribution >= 4 is 11.6 Å². The highest BCUT2D eigenvalue weighted by atomic mass is 16.8. The first kappa shape index (κ1) is 20.6. The van der Waals surface area contributed by atoms with Crippen LogP contribution in [0.25, 0.3) is 0 Å². The van der Waals surface area contributed by atoms with E-state index in [1.165, 1.54) is 19.1 Å². The van der Waals surface area contributed by atoms with Crippen LogP contribution in [-0.4, -0.2) is 59.0 Å². The first-order chi connectivity index (χ1) is 13.2. The van der Waals surface area contributed by atoms with Crippen LogP contribution in [0.3, 0.4) is 0 Å². The molecular weight excluding hydrogens is 372 g/mol. The van der Waals surface area contributed by atoms with Crippen LogP contribution in [0.15, 0.2) is 24.3 Å². The van der Waals surface area contributed by atoms with Crippen molar-refractivity contribution in [1.82, 2.24) is 5.32 Å². The Morgan fingerprint density at radius 3 is 2.68 bits per heavy atom. The van der Waals surface area contributed by atoms with Crippen LogP contribution in [0, 0.1) is 10.1 Å². The number of aliphatic hydroxyl groups excluding tert-OH is 1. The van der Waals surface area contributed by atoms with Crippen LogP contribution >= 0.6 is 0 Å². The quantitative estimate of drug-likeness (QED) is 0.554. The number of rotatable bonds is 5. The predicted molar refractivity (Wildman–Crippen MR) is 95.1 cm³/mol. The molecule has 3 rings (SSSR count). The van der Waals surface area contributed by atoms with Gasteiger partial charge in [0, 0.05) is 19.1 Å². The van der Waals surface area contributed by atoms with E-state index < -0.39 is 41.4 Å². The number of hydrogen-bond acceptors (Lipinski definition) is 8. The molecule has 2 saturated heterocycles. The summed E-state index contributed by atoms with van der Waals surface area (Å²) in [7, 11) is 0. The van der Waals surface area contributed by atoms with E-state index in [0.29, 0.717) is 5.56 Å². The number of aliphatic hydroxyl groups is 1. The summed E-state index contributed by atoms with van der Waals surface area (Å²) in [5.74, 6) is -1.22. The van der Waals surface area contributed by atoms with Gasteiger partial charge in [-0.2, -0.15) is 0 Å². The van der Waals surface area contributed by atoms with Gasteiger partial charge in [0.25, 0.3) is 5.69 Å². The summed E-state index contributed by atoms with van der Waals surface area (Å²) in [4.78, 5) is 21.9. The molecule has 0 unspecified atom stereocenters. The largest absolute Gasteiger partial charge is 0.388 e. The topological polar surface area (TPSA) is 129 Å². The van der Waals surface area contributed by atoms with Crippen LogP contribution < -0.4 is 5.32 Å². The number of carbonyl (C=O) groups is 1. The molecule has 1 aromatic rings. The Labute approximate surface area is 161 Å². The Hall–Kier alpha value is -2.11. The fourth-order valence-electron chi connectivity index (χ4n) is 3.27. The molecule has 2 N–H and O–H groups in total.